The summed E-state index contributed by atoms with van der Waals surface area (Å²) in [7, 11) is 0. The fraction of sp³-hybridized carbons (Fsp3) is 0.875. The summed E-state index contributed by atoms with van der Waals surface area (Å²) in [5, 5.41) is 31.0. The third kappa shape index (κ3) is 25.5. The topological polar surface area (TPSA) is 120 Å². The Bertz CT molecular complexity index is 366. The van der Waals surface area contributed by atoms with Gasteiger partial charge in [0, 0.05) is 45.2 Å². The molecule has 6 nitrogen and oxygen atoms in total. The molecule has 0 aromatic carbocycles. The van der Waals surface area contributed by atoms with E-state index in [9.17, 15) is 29.7 Å². The maximum absolute atomic E-state index is 10.3. The minimum atomic E-state index is -0.893. The Morgan fingerprint density at radius 2 is 0.710 bits per heavy atom. The molecular weight excluding hydrogens is 591 g/mol. The molecule has 0 aliphatic heterocycles. The second-order valence-corrected chi connectivity index (χ2v) is 7.70. The van der Waals surface area contributed by atoms with Gasteiger partial charge in [-0.25, -0.2) is 0 Å². The molecule has 0 aliphatic carbocycles. The summed E-state index contributed by atoms with van der Waals surface area (Å²) in [5.41, 5.74) is 0. The molecule has 4 radical (unpaired) electrons. The van der Waals surface area contributed by atoms with Gasteiger partial charge in [0.15, 0.2) is 0 Å². The van der Waals surface area contributed by atoms with E-state index in [0.717, 1.165) is 57.8 Å². The average molecular weight is 637 g/mol. The minimum Gasteiger partial charge on any atom is -0.550 e. The van der Waals surface area contributed by atoms with Gasteiger partial charge in [-0.2, -0.15) is 0 Å². The number of hydrogen-bond donors (Lipinski definition) is 0. The van der Waals surface area contributed by atoms with Gasteiger partial charge in [-0.15, -0.1) is 0 Å². The van der Waals surface area contributed by atoms with Gasteiger partial charge in [0.2, 0.25) is 0 Å². The van der Waals surface area contributed by atoms with Crippen LogP contribution in [-0.2, 0) is 14.4 Å². The van der Waals surface area contributed by atoms with Crippen LogP contribution in [0.25, 0.3) is 0 Å². The number of rotatable bonds is 15. The van der Waals surface area contributed by atoms with Crippen molar-refractivity contribution in [1.29, 1.82) is 0 Å². The number of unbranched alkanes of at least 4 members (excludes halogenated alkanes) is 3. The van der Waals surface area contributed by atoms with Crippen LogP contribution in [0.15, 0.2) is 0 Å². The first-order valence-electron chi connectivity index (χ1n) is 11.8. The number of carboxylic acids is 3. The fourth-order valence-corrected chi connectivity index (χ4v) is 2.82. The molecule has 0 aromatic rings. The molecule has 0 aromatic heterocycles. The maximum atomic E-state index is 10.3. The monoisotopic (exact) mass is 637 g/mol. The van der Waals surface area contributed by atoms with Crippen molar-refractivity contribution >= 4 is 45.2 Å². The van der Waals surface area contributed by atoms with Crippen molar-refractivity contribution in [2.45, 2.75) is 119 Å². The third-order valence-electron chi connectivity index (χ3n) is 5.20. The van der Waals surface area contributed by atoms with Crippen LogP contribution in [0.1, 0.15) is 119 Å². The van der Waals surface area contributed by atoms with Crippen LogP contribution < -0.4 is 15.3 Å². The van der Waals surface area contributed by atoms with Gasteiger partial charge >= 0.3 is 0 Å². The Labute approximate surface area is 210 Å². The molecule has 3 unspecified atom stereocenters. The van der Waals surface area contributed by atoms with Crippen molar-refractivity contribution in [2.75, 3.05) is 0 Å². The van der Waals surface area contributed by atoms with E-state index in [1.807, 2.05) is 20.8 Å². The fourth-order valence-electron chi connectivity index (χ4n) is 2.82. The molecule has 3 atom stereocenters. The molecule has 0 spiro atoms. The van der Waals surface area contributed by atoms with Crippen molar-refractivity contribution in [2.24, 2.45) is 17.8 Å². The smallest absolute Gasteiger partial charge is 0.0445 e. The van der Waals surface area contributed by atoms with Crippen molar-refractivity contribution in [3.8, 4) is 0 Å². The van der Waals surface area contributed by atoms with E-state index in [0.29, 0.717) is 19.3 Å². The van der Waals surface area contributed by atoms with Gasteiger partial charge in [-0.1, -0.05) is 80.1 Å². The van der Waals surface area contributed by atoms with E-state index < -0.39 is 17.9 Å². The Kier molecular flexibility index (Phi) is 33.2. The average Bonchev–Trinajstić information content (AvgIpc) is 2.70. The van der Waals surface area contributed by atoms with E-state index in [2.05, 4.69) is 20.8 Å². The first kappa shape index (κ1) is 37.6. The normalized spacial score (nSPS) is 12.6. The van der Waals surface area contributed by atoms with Crippen LogP contribution in [0.4, 0.5) is 0 Å². The zero-order valence-corrected chi connectivity index (χ0v) is 24.6. The Morgan fingerprint density at radius 1 is 0.516 bits per heavy atom. The maximum Gasteiger partial charge on any atom is 0.0445 e. The van der Waals surface area contributed by atoms with E-state index in [-0.39, 0.29) is 45.1 Å². The number of aliphatic carboxylic acids is 3. The van der Waals surface area contributed by atoms with Crippen LogP contribution in [0.3, 0.4) is 0 Å². The molecule has 0 bridgehead atoms. The molecular formula is C24H45O6Pb-3. The summed E-state index contributed by atoms with van der Waals surface area (Å²) in [6.07, 6.45) is 10.6. The SMILES string of the molecule is CCCCC(CC)C(=O)[O-].CCCCC(CC)C(=O)[O-].CCCCC(CC)C(=O)[O-].[Pb]. The third-order valence-corrected chi connectivity index (χ3v) is 5.20. The van der Waals surface area contributed by atoms with Gasteiger partial charge in [0.25, 0.3) is 0 Å². The van der Waals surface area contributed by atoms with E-state index in [1.54, 1.807) is 0 Å². The van der Waals surface area contributed by atoms with Gasteiger partial charge in [-0.3, -0.25) is 0 Å². The van der Waals surface area contributed by atoms with Crippen LogP contribution in [0.2, 0.25) is 0 Å². The molecule has 0 saturated carbocycles. The predicted molar refractivity (Wildman–Crippen MR) is 121 cm³/mol. The Morgan fingerprint density at radius 3 is 0.806 bits per heavy atom. The van der Waals surface area contributed by atoms with E-state index >= 15 is 0 Å². The van der Waals surface area contributed by atoms with Crippen molar-refractivity contribution in [1.82, 2.24) is 0 Å². The standard InChI is InChI=1S/3C8H16O2.Pb/c3*1-3-5-6-7(4-2)8(9)10;/h3*7H,3-6H2,1-2H3,(H,9,10);/p-3. The number of carbonyl (C=O) groups excluding carboxylic acids is 3. The molecule has 0 aliphatic rings. The summed E-state index contributed by atoms with van der Waals surface area (Å²) in [6, 6.07) is 0. The van der Waals surface area contributed by atoms with Crippen molar-refractivity contribution in [3.05, 3.63) is 0 Å². The predicted octanol–water partition coefficient (Wildman–Crippen LogP) is 2.48. The van der Waals surface area contributed by atoms with Gasteiger partial charge in [0.05, 0.1) is 0 Å². The Hall–Kier alpha value is -0.668. The van der Waals surface area contributed by atoms with E-state index in [4.69, 9.17) is 0 Å². The van der Waals surface area contributed by atoms with Crippen LogP contribution in [-0.4, -0.2) is 45.2 Å². The second kappa shape index (κ2) is 27.4. The van der Waals surface area contributed by atoms with Crippen LogP contribution >= 0.6 is 0 Å². The summed E-state index contributed by atoms with van der Waals surface area (Å²) in [5.74, 6) is -3.34. The first-order valence-corrected chi connectivity index (χ1v) is 11.8. The minimum absolute atomic E-state index is 0. The molecule has 0 N–H and O–H groups in total. The molecule has 7 heteroatoms. The second-order valence-electron chi connectivity index (χ2n) is 7.70. The summed E-state index contributed by atoms with van der Waals surface area (Å²) in [6.45, 7) is 11.8. The summed E-state index contributed by atoms with van der Waals surface area (Å²) in [4.78, 5) is 31.0. The van der Waals surface area contributed by atoms with Gasteiger partial charge in [-0.05, 0) is 56.3 Å². The summed E-state index contributed by atoms with van der Waals surface area (Å²) < 4.78 is 0. The molecule has 184 valence electrons. The first-order chi connectivity index (χ1) is 14.2. The Balaban J connectivity index is -0.000000174. The number of carbonyl (C=O) groups is 3. The molecule has 0 amide bonds. The molecule has 31 heavy (non-hydrogen) atoms. The molecule has 0 fully saturated rings. The largest absolute Gasteiger partial charge is 0.550 e. The quantitative estimate of drug-likeness (QED) is 0.255. The summed E-state index contributed by atoms with van der Waals surface area (Å²) >= 11 is 0. The number of carboxylic acid groups (broad SMARTS) is 3. The van der Waals surface area contributed by atoms with Crippen molar-refractivity contribution < 1.29 is 29.7 Å². The molecule has 0 rings (SSSR count). The van der Waals surface area contributed by atoms with Gasteiger partial charge in [0.1, 0.15) is 0 Å². The molecule has 0 saturated heterocycles. The zero-order valence-electron chi connectivity index (χ0n) is 20.7. The van der Waals surface area contributed by atoms with E-state index in [1.165, 1.54) is 0 Å². The number of hydrogen-bond acceptors (Lipinski definition) is 6. The van der Waals surface area contributed by atoms with Crippen LogP contribution in [0.5, 0.6) is 0 Å². The van der Waals surface area contributed by atoms with Gasteiger partial charge < -0.3 is 29.7 Å². The molecule has 0 heterocycles. The van der Waals surface area contributed by atoms with Crippen molar-refractivity contribution in [3.63, 3.8) is 0 Å². The van der Waals surface area contributed by atoms with Crippen LogP contribution in [0, 0.1) is 17.8 Å². The zero-order chi connectivity index (χ0) is 23.9.